The summed E-state index contributed by atoms with van der Waals surface area (Å²) in [6.45, 7) is 3.67. The first-order valence-corrected chi connectivity index (χ1v) is 7.93. The molecule has 2 N–H and O–H groups in total. The zero-order chi connectivity index (χ0) is 18.4. The summed E-state index contributed by atoms with van der Waals surface area (Å²) in [4.78, 5) is 35.2. The predicted octanol–water partition coefficient (Wildman–Crippen LogP) is 1.52. The molecule has 0 saturated carbocycles. The van der Waals surface area contributed by atoms with E-state index in [9.17, 15) is 14.4 Å². The molecule has 0 fully saturated rings. The number of aliphatic carboxylic acids is 1. The van der Waals surface area contributed by atoms with Crippen molar-refractivity contribution in [1.82, 2.24) is 15.1 Å². The van der Waals surface area contributed by atoms with Gasteiger partial charge in [-0.2, -0.15) is 5.10 Å². The van der Waals surface area contributed by atoms with Gasteiger partial charge in [-0.05, 0) is 31.9 Å². The maximum atomic E-state index is 12.2. The molecular weight excluding hydrogens is 322 g/mol. The number of rotatable bonds is 7. The minimum absolute atomic E-state index is 0.115. The van der Waals surface area contributed by atoms with Gasteiger partial charge in [-0.25, -0.2) is 4.68 Å². The van der Waals surface area contributed by atoms with Crippen LogP contribution in [0.25, 0.3) is 0 Å². The van der Waals surface area contributed by atoms with E-state index in [2.05, 4.69) is 10.4 Å². The van der Waals surface area contributed by atoms with Crippen LogP contribution < -0.4 is 10.9 Å². The quantitative estimate of drug-likeness (QED) is 0.794. The van der Waals surface area contributed by atoms with Crippen molar-refractivity contribution in [3.05, 3.63) is 64.1 Å². The highest BCUT2D eigenvalue weighted by Gasteiger charge is 2.26. The molecule has 1 aromatic carbocycles. The molecule has 25 heavy (non-hydrogen) atoms. The van der Waals surface area contributed by atoms with Crippen molar-refractivity contribution in [3.63, 3.8) is 0 Å². The lowest BCUT2D eigenvalue weighted by atomic mass is 9.90. The van der Waals surface area contributed by atoms with Crippen molar-refractivity contribution < 1.29 is 14.7 Å². The van der Waals surface area contributed by atoms with Gasteiger partial charge in [0.25, 0.3) is 11.5 Å². The van der Waals surface area contributed by atoms with E-state index in [1.54, 1.807) is 13.8 Å². The number of amides is 1. The monoisotopic (exact) mass is 343 g/mol. The van der Waals surface area contributed by atoms with Gasteiger partial charge in [0.1, 0.15) is 5.69 Å². The highest BCUT2D eigenvalue weighted by atomic mass is 16.4. The Morgan fingerprint density at radius 1 is 1.16 bits per heavy atom. The van der Waals surface area contributed by atoms with E-state index in [1.165, 1.54) is 16.8 Å². The van der Waals surface area contributed by atoms with E-state index in [0.29, 0.717) is 0 Å². The first kappa shape index (κ1) is 18.4. The van der Waals surface area contributed by atoms with Crippen molar-refractivity contribution in [2.45, 2.75) is 26.8 Å². The Morgan fingerprint density at radius 2 is 1.84 bits per heavy atom. The maximum Gasteiger partial charge on any atom is 0.309 e. The number of carbonyl (C=O) groups is 2. The highest BCUT2D eigenvalue weighted by molar-refractivity contribution is 5.92. The molecule has 0 unspecified atom stereocenters. The second-order valence-corrected chi connectivity index (χ2v) is 6.39. The summed E-state index contributed by atoms with van der Waals surface area (Å²) >= 11 is 0. The van der Waals surface area contributed by atoms with Crippen LogP contribution >= 0.6 is 0 Å². The highest BCUT2D eigenvalue weighted by Crippen LogP contribution is 2.19. The lowest BCUT2D eigenvalue weighted by Gasteiger charge is -2.18. The van der Waals surface area contributed by atoms with Gasteiger partial charge in [-0.1, -0.05) is 30.3 Å². The molecule has 0 atom stereocenters. The first-order valence-electron chi connectivity index (χ1n) is 7.93. The average Bonchev–Trinajstić information content (AvgIpc) is 2.57. The zero-order valence-corrected chi connectivity index (χ0v) is 14.2. The van der Waals surface area contributed by atoms with E-state index in [1.807, 2.05) is 30.3 Å². The molecule has 132 valence electrons. The Labute approximate surface area is 145 Å². The zero-order valence-electron chi connectivity index (χ0n) is 14.2. The molecule has 0 radical (unpaired) electrons. The van der Waals surface area contributed by atoms with Gasteiger partial charge < -0.3 is 10.4 Å². The first-order chi connectivity index (χ1) is 11.8. The van der Waals surface area contributed by atoms with E-state index in [0.717, 1.165) is 5.56 Å². The van der Waals surface area contributed by atoms with Crippen molar-refractivity contribution in [2.75, 3.05) is 6.54 Å². The van der Waals surface area contributed by atoms with Crippen LogP contribution in [0.15, 0.2) is 47.3 Å². The van der Waals surface area contributed by atoms with Gasteiger partial charge in [-0.3, -0.25) is 14.4 Å². The number of carbonyl (C=O) groups excluding carboxylic acids is 1. The summed E-state index contributed by atoms with van der Waals surface area (Å²) in [6.07, 6.45) is 0.289. The second kappa shape index (κ2) is 7.74. The van der Waals surface area contributed by atoms with Gasteiger partial charge in [0.15, 0.2) is 0 Å². The third-order valence-electron chi connectivity index (χ3n) is 3.89. The van der Waals surface area contributed by atoms with Gasteiger partial charge in [0.2, 0.25) is 0 Å². The molecule has 0 aliphatic heterocycles. The second-order valence-electron chi connectivity index (χ2n) is 6.39. The summed E-state index contributed by atoms with van der Waals surface area (Å²) in [5.41, 5.74) is -0.207. The number of nitrogens with zero attached hydrogens (tertiary/aromatic N) is 2. The Kier molecular flexibility index (Phi) is 5.69. The van der Waals surface area contributed by atoms with Gasteiger partial charge in [-0.15, -0.1) is 0 Å². The molecule has 0 bridgehead atoms. The number of aromatic nitrogens is 2. The van der Waals surface area contributed by atoms with Crippen LogP contribution in [0.1, 0.15) is 36.3 Å². The topological polar surface area (TPSA) is 101 Å². The van der Waals surface area contributed by atoms with E-state index in [4.69, 9.17) is 5.11 Å². The molecule has 0 spiro atoms. The van der Waals surface area contributed by atoms with Crippen LogP contribution in [0.5, 0.6) is 0 Å². The molecule has 7 heteroatoms. The normalized spacial score (nSPS) is 11.1. The van der Waals surface area contributed by atoms with Crippen LogP contribution in [0.4, 0.5) is 0 Å². The molecule has 2 aromatic rings. The lowest BCUT2D eigenvalue weighted by molar-refractivity contribution is -0.147. The van der Waals surface area contributed by atoms with Crippen molar-refractivity contribution in [3.8, 4) is 0 Å². The standard InChI is InChI=1S/C18H21N3O4/c1-18(2,17(24)25)10-11-19-16(23)14-8-9-15(22)21(20-14)12-13-6-4-3-5-7-13/h3-9H,10-12H2,1-2H3,(H,19,23)(H,24,25). The number of benzene rings is 1. The fourth-order valence-corrected chi connectivity index (χ4v) is 2.13. The SMILES string of the molecule is CC(C)(CCNC(=O)c1ccc(=O)n(Cc2ccccc2)n1)C(=O)O. The summed E-state index contributed by atoms with van der Waals surface area (Å²) in [7, 11) is 0. The molecule has 1 amide bonds. The number of carboxylic acids is 1. The number of nitrogens with one attached hydrogen (secondary N) is 1. The Balaban J connectivity index is 2.04. The molecular formula is C18H21N3O4. The molecule has 7 nitrogen and oxygen atoms in total. The van der Waals surface area contributed by atoms with Crippen LogP contribution in [0, 0.1) is 5.41 Å². The third-order valence-corrected chi connectivity index (χ3v) is 3.89. The predicted molar refractivity (Wildman–Crippen MR) is 92.4 cm³/mol. The molecule has 2 rings (SSSR count). The lowest BCUT2D eigenvalue weighted by Crippen LogP contribution is -2.33. The van der Waals surface area contributed by atoms with Crippen LogP contribution in [-0.4, -0.2) is 33.3 Å². The van der Waals surface area contributed by atoms with Crippen LogP contribution in [-0.2, 0) is 11.3 Å². The van der Waals surface area contributed by atoms with Crippen molar-refractivity contribution in [2.24, 2.45) is 5.41 Å². The van der Waals surface area contributed by atoms with Crippen molar-refractivity contribution >= 4 is 11.9 Å². The Hall–Kier alpha value is -2.96. The summed E-state index contributed by atoms with van der Waals surface area (Å²) in [5, 5.41) is 15.8. The number of hydrogen-bond acceptors (Lipinski definition) is 4. The average molecular weight is 343 g/mol. The fraction of sp³-hybridized carbons (Fsp3) is 0.333. The Morgan fingerprint density at radius 3 is 2.48 bits per heavy atom. The minimum atomic E-state index is -0.924. The van der Waals surface area contributed by atoms with E-state index in [-0.39, 0.29) is 30.8 Å². The van der Waals surface area contributed by atoms with Crippen LogP contribution in [0.3, 0.4) is 0 Å². The number of carboxylic acid groups (broad SMARTS) is 1. The summed E-state index contributed by atoms with van der Waals surface area (Å²) < 4.78 is 1.23. The number of hydrogen-bond donors (Lipinski definition) is 2. The van der Waals surface area contributed by atoms with Crippen molar-refractivity contribution in [1.29, 1.82) is 0 Å². The van der Waals surface area contributed by atoms with Gasteiger partial charge >= 0.3 is 5.97 Å². The molecule has 0 saturated heterocycles. The minimum Gasteiger partial charge on any atom is -0.481 e. The summed E-state index contributed by atoms with van der Waals surface area (Å²) in [5.74, 6) is -1.36. The van der Waals surface area contributed by atoms with E-state index >= 15 is 0 Å². The fourth-order valence-electron chi connectivity index (χ4n) is 2.13. The molecule has 0 aliphatic rings. The molecule has 1 heterocycles. The maximum absolute atomic E-state index is 12.2. The van der Waals surface area contributed by atoms with Gasteiger partial charge in [0.05, 0.1) is 12.0 Å². The van der Waals surface area contributed by atoms with Crippen LogP contribution in [0.2, 0.25) is 0 Å². The van der Waals surface area contributed by atoms with Gasteiger partial charge in [0, 0.05) is 12.6 Å². The molecule has 0 aliphatic carbocycles. The third kappa shape index (κ3) is 5.00. The molecule has 1 aromatic heterocycles. The Bertz CT molecular complexity index is 813. The smallest absolute Gasteiger partial charge is 0.309 e. The van der Waals surface area contributed by atoms with E-state index < -0.39 is 17.3 Å². The largest absolute Gasteiger partial charge is 0.481 e. The summed E-state index contributed by atoms with van der Waals surface area (Å²) in [6, 6.07) is 12.0.